The predicted octanol–water partition coefficient (Wildman–Crippen LogP) is 5.77. The van der Waals surface area contributed by atoms with Crippen LogP contribution in [0.3, 0.4) is 0 Å². The van der Waals surface area contributed by atoms with Gasteiger partial charge in [0.1, 0.15) is 5.75 Å². The molecular formula is C26H26F3N3O4. The monoisotopic (exact) mass is 501 g/mol. The Morgan fingerprint density at radius 3 is 2.31 bits per heavy atom. The maximum absolute atomic E-state index is 12.4. The van der Waals surface area contributed by atoms with Crippen molar-refractivity contribution in [2.24, 2.45) is 0 Å². The molecule has 0 unspecified atom stereocenters. The summed E-state index contributed by atoms with van der Waals surface area (Å²) in [7, 11) is 0. The lowest BCUT2D eigenvalue weighted by atomic mass is 9.96. The molecule has 0 aliphatic rings. The molecule has 0 saturated carbocycles. The van der Waals surface area contributed by atoms with E-state index in [0.29, 0.717) is 11.1 Å². The maximum Gasteiger partial charge on any atom is 0.573 e. The third-order valence-corrected chi connectivity index (χ3v) is 4.99. The molecular weight excluding hydrogens is 475 g/mol. The predicted molar refractivity (Wildman–Crippen MR) is 128 cm³/mol. The van der Waals surface area contributed by atoms with Crippen molar-refractivity contribution in [2.75, 3.05) is 0 Å². The van der Waals surface area contributed by atoms with Gasteiger partial charge in [0.2, 0.25) is 5.82 Å². The van der Waals surface area contributed by atoms with Gasteiger partial charge in [-0.25, -0.2) is 0 Å². The molecule has 2 heterocycles. The summed E-state index contributed by atoms with van der Waals surface area (Å²) >= 11 is 0. The summed E-state index contributed by atoms with van der Waals surface area (Å²) in [6.45, 7) is 7.63. The number of hydrogen-bond acceptors (Lipinski definition) is 6. The molecule has 36 heavy (non-hydrogen) atoms. The first kappa shape index (κ1) is 26.7. The summed E-state index contributed by atoms with van der Waals surface area (Å²) in [4.78, 5) is 16.7. The van der Waals surface area contributed by atoms with Crippen LogP contribution in [0.5, 0.6) is 5.75 Å². The van der Waals surface area contributed by atoms with Crippen LogP contribution >= 0.6 is 0 Å². The zero-order valence-corrected chi connectivity index (χ0v) is 20.2. The third kappa shape index (κ3) is 6.82. The van der Waals surface area contributed by atoms with Gasteiger partial charge in [-0.3, -0.25) is 4.79 Å². The molecule has 2 aromatic heterocycles. The van der Waals surface area contributed by atoms with Crippen molar-refractivity contribution in [1.29, 1.82) is 0 Å². The van der Waals surface area contributed by atoms with E-state index in [9.17, 15) is 23.1 Å². The molecule has 0 fully saturated rings. The quantitative estimate of drug-likeness (QED) is 0.361. The van der Waals surface area contributed by atoms with Crippen molar-refractivity contribution in [3.05, 3.63) is 88.3 Å². The van der Waals surface area contributed by atoms with Crippen LogP contribution in [-0.2, 0) is 12.1 Å². The highest BCUT2D eigenvalue weighted by molar-refractivity contribution is 5.60. The Bertz CT molecular complexity index is 1350. The number of benzene rings is 2. The minimum absolute atomic E-state index is 0.143. The van der Waals surface area contributed by atoms with Gasteiger partial charge in [0.05, 0.1) is 17.7 Å². The van der Waals surface area contributed by atoms with Gasteiger partial charge < -0.3 is 18.9 Å². The summed E-state index contributed by atoms with van der Waals surface area (Å²) in [6, 6.07) is 15.3. The first-order valence-corrected chi connectivity index (χ1v) is 11.2. The molecule has 7 nitrogen and oxygen atoms in total. The van der Waals surface area contributed by atoms with Crippen molar-refractivity contribution in [2.45, 2.75) is 46.2 Å². The molecule has 4 aromatic rings. The SMILES string of the molecule is CC.CC(C)(O)c1cccc(Cn2cc(-c3nc(-c4ccc(OC(F)(F)F)cc4)no3)ccc2=O)c1. The molecule has 4 rings (SSSR count). The number of aliphatic hydroxyl groups is 1. The minimum Gasteiger partial charge on any atom is -0.406 e. The number of rotatable bonds is 6. The molecule has 0 bridgehead atoms. The van der Waals surface area contributed by atoms with E-state index in [1.165, 1.54) is 22.8 Å². The van der Waals surface area contributed by atoms with Crippen LogP contribution in [0.2, 0.25) is 0 Å². The fourth-order valence-electron chi connectivity index (χ4n) is 3.29. The highest BCUT2D eigenvalue weighted by Crippen LogP contribution is 2.27. The second-order valence-electron chi connectivity index (χ2n) is 8.14. The van der Waals surface area contributed by atoms with Crippen LogP contribution in [0.25, 0.3) is 22.8 Å². The molecule has 2 aromatic carbocycles. The number of ether oxygens (including phenoxy) is 1. The minimum atomic E-state index is -4.78. The zero-order valence-electron chi connectivity index (χ0n) is 20.2. The van der Waals surface area contributed by atoms with Gasteiger partial charge in [-0.15, -0.1) is 13.2 Å². The summed E-state index contributed by atoms with van der Waals surface area (Å²) in [5.74, 6) is -0.0468. The van der Waals surface area contributed by atoms with Crippen LogP contribution in [0.4, 0.5) is 13.2 Å². The second kappa shape index (κ2) is 10.8. The van der Waals surface area contributed by atoms with Gasteiger partial charge in [-0.05, 0) is 55.3 Å². The van der Waals surface area contributed by atoms with E-state index in [2.05, 4.69) is 14.9 Å². The van der Waals surface area contributed by atoms with Crippen molar-refractivity contribution >= 4 is 0 Å². The van der Waals surface area contributed by atoms with Crippen LogP contribution in [-0.4, -0.2) is 26.2 Å². The van der Waals surface area contributed by atoms with Gasteiger partial charge in [-0.1, -0.05) is 43.3 Å². The molecule has 0 aliphatic carbocycles. The second-order valence-corrected chi connectivity index (χ2v) is 8.14. The number of aromatic nitrogens is 3. The topological polar surface area (TPSA) is 90.4 Å². The molecule has 0 saturated heterocycles. The van der Waals surface area contributed by atoms with Crippen molar-refractivity contribution < 1.29 is 27.5 Å². The van der Waals surface area contributed by atoms with Gasteiger partial charge in [0.25, 0.3) is 11.4 Å². The highest BCUT2D eigenvalue weighted by atomic mass is 19.4. The number of pyridine rings is 1. The Morgan fingerprint density at radius 2 is 1.67 bits per heavy atom. The lowest BCUT2D eigenvalue weighted by Crippen LogP contribution is -2.20. The van der Waals surface area contributed by atoms with Gasteiger partial charge in [0.15, 0.2) is 0 Å². The standard InChI is InChI=1S/C24H20F3N3O4.C2H6/c1-23(2,32)18-5-3-4-15(12-18)13-30-14-17(8-11-20(30)31)22-28-21(29-34-22)16-6-9-19(10-7-16)33-24(25,26)27;1-2/h3-12,14,32H,13H2,1-2H3;1-2H3. The van der Waals surface area contributed by atoms with Crippen molar-refractivity contribution in [3.63, 3.8) is 0 Å². The lowest BCUT2D eigenvalue weighted by Gasteiger charge is -2.18. The molecule has 0 atom stereocenters. The molecule has 0 spiro atoms. The Morgan fingerprint density at radius 1 is 1.00 bits per heavy atom. The summed E-state index contributed by atoms with van der Waals surface area (Å²) in [5.41, 5.74) is 1.22. The number of hydrogen-bond donors (Lipinski definition) is 1. The van der Waals surface area contributed by atoms with E-state index in [0.717, 1.165) is 23.3 Å². The average Bonchev–Trinajstić information content (AvgIpc) is 3.31. The first-order chi connectivity index (χ1) is 17.0. The molecule has 0 radical (unpaired) electrons. The number of alkyl halides is 3. The summed E-state index contributed by atoms with van der Waals surface area (Å²) in [6.07, 6.45) is -3.20. The Kier molecular flexibility index (Phi) is 7.99. The van der Waals surface area contributed by atoms with E-state index >= 15 is 0 Å². The number of nitrogens with zero attached hydrogens (tertiary/aromatic N) is 3. The van der Waals surface area contributed by atoms with Crippen LogP contribution in [0, 0.1) is 0 Å². The lowest BCUT2D eigenvalue weighted by molar-refractivity contribution is -0.274. The fraction of sp³-hybridized carbons (Fsp3) is 0.269. The van der Waals surface area contributed by atoms with Gasteiger partial charge in [0, 0.05) is 17.8 Å². The first-order valence-electron chi connectivity index (χ1n) is 11.2. The van der Waals surface area contributed by atoms with Crippen LogP contribution in [0.1, 0.15) is 38.8 Å². The summed E-state index contributed by atoms with van der Waals surface area (Å²) < 4.78 is 47.6. The van der Waals surface area contributed by atoms with Gasteiger partial charge in [-0.2, -0.15) is 4.98 Å². The average molecular weight is 502 g/mol. The van der Waals surface area contributed by atoms with Crippen LogP contribution in [0.15, 0.2) is 76.2 Å². The molecule has 0 amide bonds. The van der Waals surface area contributed by atoms with Gasteiger partial charge >= 0.3 is 6.36 Å². The third-order valence-electron chi connectivity index (χ3n) is 4.99. The molecule has 10 heteroatoms. The van der Waals surface area contributed by atoms with Crippen molar-refractivity contribution in [1.82, 2.24) is 14.7 Å². The van der Waals surface area contributed by atoms with Crippen molar-refractivity contribution in [3.8, 4) is 28.6 Å². The van der Waals surface area contributed by atoms with Crippen LogP contribution < -0.4 is 10.3 Å². The maximum atomic E-state index is 12.4. The smallest absolute Gasteiger partial charge is 0.406 e. The Labute approximate surface area is 205 Å². The van der Waals surface area contributed by atoms with E-state index in [1.807, 2.05) is 38.1 Å². The number of halogens is 3. The highest BCUT2D eigenvalue weighted by Gasteiger charge is 2.31. The molecule has 190 valence electrons. The normalized spacial score (nSPS) is 11.6. The fourth-order valence-corrected chi connectivity index (χ4v) is 3.29. The summed E-state index contributed by atoms with van der Waals surface area (Å²) in [5, 5.41) is 14.1. The largest absolute Gasteiger partial charge is 0.573 e. The van der Waals surface area contributed by atoms with E-state index in [1.54, 1.807) is 26.1 Å². The molecule has 0 aliphatic heterocycles. The van der Waals surface area contributed by atoms with E-state index in [4.69, 9.17) is 4.52 Å². The van der Waals surface area contributed by atoms with E-state index in [-0.39, 0.29) is 29.6 Å². The Balaban J connectivity index is 0.00000176. The molecule has 1 N–H and O–H groups in total. The Hall–Kier alpha value is -3.92. The zero-order chi connectivity index (χ0) is 26.5. The van der Waals surface area contributed by atoms with E-state index < -0.39 is 12.0 Å².